The summed E-state index contributed by atoms with van der Waals surface area (Å²) in [6.45, 7) is 0. The van der Waals surface area contributed by atoms with Crippen molar-refractivity contribution in [2.24, 2.45) is 0 Å². The fourth-order valence-electron chi connectivity index (χ4n) is 1.96. The molecule has 0 aliphatic heterocycles. The van der Waals surface area contributed by atoms with Crippen molar-refractivity contribution in [1.29, 1.82) is 0 Å². The first-order chi connectivity index (χ1) is 9.47. The highest BCUT2D eigenvalue weighted by Crippen LogP contribution is 2.39. The number of halogens is 2. The molecule has 3 heterocycles. The van der Waals surface area contributed by atoms with Crippen LogP contribution < -0.4 is 10.6 Å². The molecule has 0 aliphatic carbocycles. The Morgan fingerprint density at radius 2 is 2.15 bits per heavy atom. The summed E-state index contributed by atoms with van der Waals surface area (Å²) in [5.74, 6) is 0.620. The Morgan fingerprint density at radius 3 is 2.75 bits per heavy atom. The molecule has 0 unspecified atom stereocenters. The van der Waals surface area contributed by atoms with Crippen LogP contribution in [0.2, 0.25) is 4.34 Å². The number of hydrogen-bond acceptors (Lipinski definition) is 4. The minimum absolute atomic E-state index is 0.620. The molecule has 0 bridgehead atoms. The molecule has 3 aromatic rings. The van der Waals surface area contributed by atoms with E-state index in [4.69, 9.17) is 17.3 Å². The maximum atomic E-state index is 6.23. The molecule has 0 radical (unpaired) electrons. The molecule has 20 heavy (non-hydrogen) atoms. The van der Waals surface area contributed by atoms with E-state index in [0.717, 1.165) is 26.4 Å². The third kappa shape index (κ3) is 2.17. The molecule has 4 nitrogen and oxygen atoms in total. The highest BCUT2D eigenvalue weighted by molar-refractivity contribution is 9.10. The Balaban J connectivity index is 2.20. The average molecular weight is 372 g/mol. The largest absolute Gasteiger partial charge is 0.383 e. The molecule has 0 fully saturated rings. The zero-order valence-electron chi connectivity index (χ0n) is 10.9. The zero-order valence-corrected chi connectivity index (χ0v) is 14.1. The first-order valence-corrected chi connectivity index (χ1v) is 7.86. The molecule has 0 aromatic carbocycles. The number of imidazole rings is 1. The van der Waals surface area contributed by atoms with E-state index < -0.39 is 0 Å². The second-order valence-corrected chi connectivity index (χ2v) is 7.10. The maximum Gasteiger partial charge on any atom is 0.139 e. The van der Waals surface area contributed by atoms with Gasteiger partial charge < -0.3 is 10.6 Å². The summed E-state index contributed by atoms with van der Waals surface area (Å²) < 4.78 is 3.46. The summed E-state index contributed by atoms with van der Waals surface area (Å²) in [4.78, 5) is 7.57. The second-order valence-electron chi connectivity index (χ2n) is 4.59. The number of rotatable bonds is 2. The number of hydrogen-bond donors (Lipinski definition) is 1. The Hall–Kier alpha value is -1.24. The highest BCUT2D eigenvalue weighted by Gasteiger charge is 2.15. The lowest BCUT2D eigenvalue weighted by Gasteiger charge is -2.12. The molecule has 0 spiro atoms. The molecule has 3 rings (SSSR count). The quantitative estimate of drug-likeness (QED) is 0.737. The second kappa shape index (κ2) is 4.95. The van der Waals surface area contributed by atoms with E-state index in [1.165, 1.54) is 11.3 Å². The summed E-state index contributed by atoms with van der Waals surface area (Å²) in [7, 11) is 3.98. The summed E-state index contributed by atoms with van der Waals surface area (Å²) >= 11 is 11.0. The van der Waals surface area contributed by atoms with Gasteiger partial charge >= 0.3 is 0 Å². The smallest absolute Gasteiger partial charge is 0.139 e. The van der Waals surface area contributed by atoms with E-state index in [2.05, 4.69) is 20.9 Å². The van der Waals surface area contributed by atoms with Crippen LogP contribution >= 0.6 is 38.9 Å². The number of anilines is 2. The lowest BCUT2D eigenvalue weighted by Crippen LogP contribution is -2.09. The Morgan fingerprint density at radius 1 is 1.40 bits per heavy atom. The van der Waals surface area contributed by atoms with Gasteiger partial charge in [0.05, 0.1) is 10.6 Å². The number of pyridine rings is 1. The van der Waals surface area contributed by atoms with Crippen LogP contribution in [0.5, 0.6) is 0 Å². The van der Waals surface area contributed by atoms with E-state index in [1.807, 2.05) is 47.8 Å². The number of fused-ring (bicyclic) bond motifs is 1. The van der Waals surface area contributed by atoms with Gasteiger partial charge in [0.15, 0.2) is 0 Å². The summed E-state index contributed by atoms with van der Waals surface area (Å²) in [5.41, 5.74) is 8.88. The number of nitrogen functional groups attached to an aromatic ring is 1. The zero-order chi connectivity index (χ0) is 14.4. The molecular formula is C13H12BrClN4S. The van der Waals surface area contributed by atoms with Crippen LogP contribution in [0.1, 0.15) is 0 Å². The Labute approximate surface area is 133 Å². The molecule has 2 N–H and O–H groups in total. The van der Waals surface area contributed by atoms with Crippen LogP contribution in [-0.2, 0) is 0 Å². The van der Waals surface area contributed by atoms with E-state index in [1.54, 1.807) is 0 Å². The predicted octanol–water partition coefficient (Wildman–Crippen LogP) is 4.13. The van der Waals surface area contributed by atoms with Gasteiger partial charge in [0.1, 0.15) is 21.5 Å². The van der Waals surface area contributed by atoms with Gasteiger partial charge in [-0.3, -0.25) is 4.40 Å². The van der Waals surface area contributed by atoms with Crippen molar-refractivity contribution in [3.05, 3.63) is 33.2 Å². The van der Waals surface area contributed by atoms with Crippen LogP contribution in [0.4, 0.5) is 11.5 Å². The summed E-state index contributed by atoms with van der Waals surface area (Å²) in [6.07, 6.45) is 1.98. The van der Waals surface area contributed by atoms with Crippen molar-refractivity contribution in [2.45, 2.75) is 0 Å². The van der Waals surface area contributed by atoms with Gasteiger partial charge in [0.2, 0.25) is 0 Å². The number of aromatic nitrogens is 2. The topological polar surface area (TPSA) is 46.6 Å². The Bertz CT molecular complexity index is 774. The van der Waals surface area contributed by atoms with Crippen molar-refractivity contribution in [3.63, 3.8) is 0 Å². The molecule has 0 atom stereocenters. The van der Waals surface area contributed by atoms with Gasteiger partial charge in [-0.2, -0.15) is 0 Å². The van der Waals surface area contributed by atoms with E-state index in [0.29, 0.717) is 10.2 Å². The standard InChI is InChI=1S/C13H12BrClN4S/c1-18(2)7-3-4-10-17-11(13(16)19(10)6-7)9-5-8(14)12(15)20-9/h3-6H,16H2,1-2H3. The minimum Gasteiger partial charge on any atom is -0.383 e. The van der Waals surface area contributed by atoms with Crippen LogP contribution in [0.15, 0.2) is 28.9 Å². The number of nitrogens with two attached hydrogens (primary N) is 1. The molecular weight excluding hydrogens is 360 g/mol. The maximum absolute atomic E-state index is 6.23. The van der Waals surface area contributed by atoms with Gasteiger partial charge in [-0.05, 0) is 34.1 Å². The first-order valence-electron chi connectivity index (χ1n) is 5.87. The van der Waals surface area contributed by atoms with Crippen molar-refractivity contribution < 1.29 is 0 Å². The van der Waals surface area contributed by atoms with Crippen LogP contribution in [0.3, 0.4) is 0 Å². The van der Waals surface area contributed by atoms with Crippen molar-refractivity contribution in [2.75, 3.05) is 24.7 Å². The molecule has 104 valence electrons. The molecule has 3 aromatic heterocycles. The van der Waals surface area contributed by atoms with Crippen molar-refractivity contribution >= 4 is 56.0 Å². The third-order valence-electron chi connectivity index (χ3n) is 3.03. The number of nitrogens with zero attached hydrogens (tertiary/aromatic N) is 3. The predicted molar refractivity (Wildman–Crippen MR) is 90.0 cm³/mol. The summed E-state index contributed by atoms with van der Waals surface area (Å²) in [5, 5.41) is 0. The van der Waals surface area contributed by atoms with Gasteiger partial charge in [-0.15, -0.1) is 11.3 Å². The van der Waals surface area contributed by atoms with E-state index >= 15 is 0 Å². The average Bonchev–Trinajstić information content (AvgIpc) is 2.91. The molecule has 0 aliphatic rings. The normalized spacial score (nSPS) is 11.2. The molecule has 0 saturated carbocycles. The highest BCUT2D eigenvalue weighted by atomic mass is 79.9. The van der Waals surface area contributed by atoms with Crippen LogP contribution in [0, 0.1) is 0 Å². The van der Waals surface area contributed by atoms with Gasteiger partial charge in [0.25, 0.3) is 0 Å². The van der Waals surface area contributed by atoms with Gasteiger partial charge in [-0.25, -0.2) is 4.98 Å². The third-order valence-corrected chi connectivity index (χ3v) is 5.52. The van der Waals surface area contributed by atoms with E-state index in [-0.39, 0.29) is 0 Å². The van der Waals surface area contributed by atoms with E-state index in [9.17, 15) is 0 Å². The first kappa shape index (κ1) is 13.7. The molecule has 0 amide bonds. The minimum atomic E-state index is 0.620. The molecule has 0 saturated heterocycles. The fraction of sp³-hybridized carbons (Fsp3) is 0.154. The monoisotopic (exact) mass is 370 g/mol. The van der Waals surface area contributed by atoms with Crippen LogP contribution in [0.25, 0.3) is 16.2 Å². The SMILES string of the molecule is CN(C)c1ccc2nc(-c3cc(Br)c(Cl)s3)c(N)n2c1. The Kier molecular flexibility index (Phi) is 3.40. The van der Waals surface area contributed by atoms with Crippen LogP contribution in [-0.4, -0.2) is 23.5 Å². The lowest BCUT2D eigenvalue weighted by atomic mass is 10.3. The van der Waals surface area contributed by atoms with Gasteiger partial charge in [0, 0.05) is 24.8 Å². The van der Waals surface area contributed by atoms with Crippen molar-refractivity contribution in [3.8, 4) is 10.6 Å². The fourth-order valence-corrected chi connectivity index (χ4v) is 3.66. The number of thiophene rings is 1. The molecule has 7 heteroatoms. The van der Waals surface area contributed by atoms with Gasteiger partial charge in [-0.1, -0.05) is 11.6 Å². The summed E-state index contributed by atoms with van der Waals surface area (Å²) in [6, 6.07) is 5.92. The van der Waals surface area contributed by atoms with Crippen molar-refractivity contribution in [1.82, 2.24) is 9.38 Å². The lowest BCUT2D eigenvalue weighted by molar-refractivity contribution is 1.09.